The Morgan fingerprint density at radius 2 is 1.29 bits per heavy atom. The molecule has 0 aliphatic heterocycles. The third-order valence-corrected chi connectivity index (χ3v) is 0. The zero-order chi connectivity index (χ0) is 3.58. The molecule has 0 saturated carbocycles. The van der Waals surface area contributed by atoms with Gasteiger partial charge in [-0.1, -0.05) is 0 Å². The fraction of sp³-hybridized carbons (Fsp3) is 0. The van der Waals surface area contributed by atoms with Crippen LogP contribution in [0.25, 0.3) is 0 Å². The molecule has 0 bridgehead atoms. The topological polar surface area (TPSA) is 63.2 Å². The van der Waals surface area contributed by atoms with Gasteiger partial charge in [-0.2, -0.15) is 0 Å². The molecular weight excluding hydrogens is 262 g/mol. The van der Waals surface area contributed by atoms with E-state index in [0.717, 1.165) is 0 Å². The molecule has 0 aromatic rings. The molecule has 0 unspecified atom stereocenters. The van der Waals surface area contributed by atoms with Crippen LogP contribution in [-0.4, -0.2) is 116 Å². The predicted octanol–water partition coefficient (Wildman–Crippen LogP) is -4.66. The Labute approximate surface area is 127 Å². The maximum Gasteiger partial charge on any atom is 2.00 e. The van der Waals surface area contributed by atoms with Gasteiger partial charge in [-0.05, 0) is 6.16 Å². The van der Waals surface area contributed by atoms with Crippen LogP contribution in [0.15, 0.2) is 0 Å². The average Bonchev–Trinajstić information content (AvgIpc) is 0.811. The van der Waals surface area contributed by atoms with Gasteiger partial charge in [0.25, 0.3) is 0 Å². The molecule has 0 N–H and O–H groups in total. The molecule has 0 aliphatic carbocycles. The van der Waals surface area contributed by atoms with Gasteiger partial charge >= 0.3 is 110 Å². The van der Waals surface area contributed by atoms with Gasteiger partial charge in [0, 0.05) is 0 Å². The Morgan fingerprint density at radius 1 is 1.29 bits per heavy atom. The van der Waals surface area contributed by atoms with E-state index in [-0.39, 0.29) is 110 Å². The molecule has 3 nitrogen and oxygen atoms in total. The van der Waals surface area contributed by atoms with Gasteiger partial charge in [-0.15, -0.1) is 0 Å². The van der Waals surface area contributed by atoms with Crippen LogP contribution in [0.3, 0.4) is 0 Å². The molecule has 6 heteroatoms. The number of hydrogen-bond acceptors (Lipinski definition) is 3. The average molecular weight is 266 g/mol. The molecular formula is CH4BaCaMgO3. The van der Waals surface area contributed by atoms with E-state index in [4.69, 9.17) is 15.0 Å². The smallest absolute Gasteiger partial charge is 0.316 e. The number of hydrogen-bond donors (Lipinski definition) is 0. The number of carbonyl (C=O) groups is 1. The zero-order valence-electron chi connectivity index (χ0n) is 2.43. The van der Waals surface area contributed by atoms with Gasteiger partial charge < -0.3 is 15.0 Å². The molecule has 0 aromatic carbocycles. The summed E-state index contributed by atoms with van der Waals surface area (Å²) in [6, 6.07) is 0. The van der Waals surface area contributed by atoms with Crippen LogP contribution >= 0.6 is 0 Å². The van der Waals surface area contributed by atoms with Crippen molar-refractivity contribution < 1.29 is 15.0 Å². The second-order valence-corrected chi connectivity index (χ2v) is 0.250. The summed E-state index contributed by atoms with van der Waals surface area (Å²) in [7, 11) is 0. The monoisotopic (exact) mass is 266 g/mol. The summed E-state index contributed by atoms with van der Waals surface area (Å²) in [6.45, 7) is 0. The largest absolute Gasteiger partial charge is 2.00 e. The van der Waals surface area contributed by atoms with Crippen LogP contribution < -0.4 is 10.2 Å². The van der Waals surface area contributed by atoms with Crippen molar-refractivity contribution in [2.75, 3.05) is 0 Å². The molecule has 0 fully saturated rings. The minimum atomic E-state index is -2.33. The van der Waals surface area contributed by atoms with Gasteiger partial charge in [-0.25, -0.2) is 0 Å². The molecule has 0 radical (unpaired) electrons. The van der Waals surface area contributed by atoms with E-state index in [1.165, 1.54) is 0 Å². The van der Waals surface area contributed by atoms with E-state index >= 15 is 0 Å². The summed E-state index contributed by atoms with van der Waals surface area (Å²) in [5, 5.41) is 16.7. The zero-order valence-corrected chi connectivity index (χ0v) is 4.64. The quantitative estimate of drug-likeness (QED) is 0.414. The summed E-state index contributed by atoms with van der Waals surface area (Å²) in [5.74, 6) is 0. The second kappa shape index (κ2) is 15.9. The molecule has 0 rings (SSSR count). The maximum atomic E-state index is 8.33. The summed E-state index contributed by atoms with van der Waals surface area (Å²) in [6.07, 6.45) is -2.33. The van der Waals surface area contributed by atoms with Gasteiger partial charge in [0.05, 0.1) is 0 Å². The fourth-order valence-corrected chi connectivity index (χ4v) is 0. The number of carboxylic acid groups (broad SMARTS) is 2. The third-order valence-electron chi connectivity index (χ3n) is 0. The van der Waals surface area contributed by atoms with Crippen LogP contribution in [0.4, 0.5) is 4.79 Å². The van der Waals surface area contributed by atoms with Crippen LogP contribution in [0.5, 0.6) is 0 Å². The van der Waals surface area contributed by atoms with Crippen LogP contribution in [0.1, 0.15) is 0 Å². The van der Waals surface area contributed by atoms with E-state index in [0.29, 0.717) is 0 Å². The summed E-state index contributed by atoms with van der Waals surface area (Å²) < 4.78 is 0. The summed E-state index contributed by atoms with van der Waals surface area (Å²) in [5.41, 5.74) is 0. The Morgan fingerprint density at radius 3 is 1.29 bits per heavy atom. The Kier molecular flexibility index (Phi) is 51.3. The summed E-state index contributed by atoms with van der Waals surface area (Å²) >= 11 is 0. The molecule has 0 saturated heterocycles. The number of rotatable bonds is 0. The van der Waals surface area contributed by atoms with E-state index < -0.39 is 6.16 Å². The van der Waals surface area contributed by atoms with Gasteiger partial charge in [-0.3, -0.25) is 0 Å². The third kappa shape index (κ3) is 50.9. The van der Waals surface area contributed by atoms with E-state index in [1.807, 2.05) is 0 Å². The van der Waals surface area contributed by atoms with E-state index in [9.17, 15) is 0 Å². The normalized spacial score (nSPS) is 3.43. The standard InChI is InChI=1S/CH2O3.Ba.Ca.Mg.4H/c2-1(3)4;;;;;;;/h(H2,2,3,4);;;;;;;/q;;+2;;;;;/p-2. The van der Waals surface area contributed by atoms with Gasteiger partial charge in [0.2, 0.25) is 0 Å². The molecule has 0 aliphatic rings. The molecule has 0 amide bonds. The van der Waals surface area contributed by atoms with E-state index in [1.54, 1.807) is 0 Å². The van der Waals surface area contributed by atoms with Crippen LogP contribution in [0, 0.1) is 0 Å². The minimum Gasteiger partial charge on any atom is 0.316 e. The van der Waals surface area contributed by atoms with Crippen molar-refractivity contribution in [3.63, 3.8) is 0 Å². The first-order valence-electron chi connectivity index (χ1n) is 0.612. The molecule has 7 heavy (non-hydrogen) atoms. The van der Waals surface area contributed by atoms with Crippen molar-refractivity contribution in [1.82, 2.24) is 0 Å². The second-order valence-electron chi connectivity index (χ2n) is 0.250. The molecule has 32 valence electrons. The summed E-state index contributed by atoms with van der Waals surface area (Å²) in [4.78, 5) is 8.33. The Hall–Kier alpha value is 2.87. The van der Waals surface area contributed by atoms with Crippen molar-refractivity contribution in [2.45, 2.75) is 0 Å². The van der Waals surface area contributed by atoms with Crippen molar-refractivity contribution in [3.8, 4) is 0 Å². The van der Waals surface area contributed by atoms with Crippen molar-refractivity contribution in [3.05, 3.63) is 0 Å². The van der Waals surface area contributed by atoms with E-state index in [2.05, 4.69) is 0 Å². The van der Waals surface area contributed by atoms with Gasteiger partial charge in [0.1, 0.15) is 0 Å². The first-order valence-corrected chi connectivity index (χ1v) is 0.612. The first-order chi connectivity index (χ1) is 1.73. The number of carbonyl (C=O) groups excluding carboxylic acids is 1. The van der Waals surface area contributed by atoms with Crippen molar-refractivity contribution in [2.24, 2.45) is 0 Å². The fourth-order valence-electron chi connectivity index (χ4n) is 0. The molecule has 0 atom stereocenters. The first kappa shape index (κ1) is 22.5. The van der Waals surface area contributed by atoms with Crippen molar-refractivity contribution >= 4 is 116 Å². The minimum absolute atomic E-state index is 0. The molecule has 0 heterocycles. The van der Waals surface area contributed by atoms with Crippen LogP contribution in [-0.2, 0) is 0 Å². The SMILES string of the molecule is O=C([O-])[O-].[BaH2].[Ca+2].[MgH2]. The Bertz CT molecular complexity index is 37.9. The van der Waals surface area contributed by atoms with Crippen molar-refractivity contribution in [1.29, 1.82) is 0 Å². The molecule has 0 aromatic heterocycles. The van der Waals surface area contributed by atoms with Gasteiger partial charge in [0.15, 0.2) is 0 Å². The van der Waals surface area contributed by atoms with Crippen LogP contribution in [0.2, 0.25) is 0 Å². The Balaban J connectivity index is -0.0000000150. The molecule has 0 spiro atoms. The maximum absolute atomic E-state index is 8.33. The predicted molar refractivity (Wildman–Crippen MR) is 28.2 cm³/mol.